The first-order valence-electron chi connectivity index (χ1n) is 4.85. The number of halogens is 1. The average Bonchev–Trinajstić information content (AvgIpc) is 2.23. The molecule has 0 saturated carbocycles. The fourth-order valence-electron chi connectivity index (χ4n) is 1.92. The molecule has 0 fully saturated rings. The molecule has 0 bridgehead atoms. The molecule has 3 heteroatoms. The van der Waals surface area contributed by atoms with Crippen LogP contribution in [-0.2, 0) is 6.42 Å². The summed E-state index contributed by atoms with van der Waals surface area (Å²) in [5.41, 5.74) is 3.53. The third kappa shape index (κ3) is 1.60. The van der Waals surface area contributed by atoms with E-state index in [4.69, 9.17) is 16.7 Å². The van der Waals surface area contributed by atoms with E-state index >= 15 is 0 Å². The lowest BCUT2D eigenvalue weighted by molar-refractivity contribution is 0.230. The predicted octanol–water partition coefficient (Wildman–Crippen LogP) is 2.22. The molecule has 1 heterocycles. The summed E-state index contributed by atoms with van der Waals surface area (Å²) >= 11 is 6.03. The van der Waals surface area contributed by atoms with Crippen LogP contribution in [0.3, 0.4) is 0 Å². The molecule has 0 aromatic heterocycles. The van der Waals surface area contributed by atoms with Crippen molar-refractivity contribution in [2.75, 3.05) is 18.5 Å². The van der Waals surface area contributed by atoms with E-state index in [1.807, 2.05) is 19.1 Å². The number of aliphatic hydroxyl groups excluding tert-OH is 1. The summed E-state index contributed by atoms with van der Waals surface area (Å²) in [6.45, 7) is 3.10. The van der Waals surface area contributed by atoms with Crippen molar-refractivity contribution in [1.29, 1.82) is 0 Å². The van der Waals surface area contributed by atoms with E-state index in [-0.39, 0.29) is 6.61 Å². The van der Waals surface area contributed by atoms with Crippen LogP contribution in [0.15, 0.2) is 12.1 Å². The Morgan fingerprint density at radius 2 is 2.36 bits per heavy atom. The first kappa shape index (κ1) is 9.81. The highest BCUT2D eigenvalue weighted by molar-refractivity contribution is 6.31. The minimum atomic E-state index is 0.244. The summed E-state index contributed by atoms with van der Waals surface area (Å²) in [4.78, 5) is 0. The highest BCUT2D eigenvalue weighted by Gasteiger charge is 2.19. The predicted molar refractivity (Wildman–Crippen MR) is 59.0 cm³/mol. The van der Waals surface area contributed by atoms with E-state index < -0.39 is 0 Å². The third-order valence-electron chi connectivity index (χ3n) is 2.82. The zero-order valence-corrected chi connectivity index (χ0v) is 8.93. The summed E-state index contributed by atoms with van der Waals surface area (Å²) in [5.74, 6) is 0.336. The topological polar surface area (TPSA) is 32.3 Å². The monoisotopic (exact) mass is 211 g/mol. The van der Waals surface area contributed by atoms with E-state index in [1.54, 1.807) is 0 Å². The Morgan fingerprint density at radius 3 is 3.07 bits per heavy atom. The average molecular weight is 212 g/mol. The Kier molecular flexibility index (Phi) is 2.66. The van der Waals surface area contributed by atoms with Crippen LogP contribution in [0.1, 0.15) is 11.1 Å². The van der Waals surface area contributed by atoms with Gasteiger partial charge in [0.25, 0.3) is 0 Å². The Labute approximate surface area is 88.9 Å². The highest BCUT2D eigenvalue weighted by Crippen LogP contribution is 2.32. The lowest BCUT2D eigenvalue weighted by atomic mass is 9.93. The van der Waals surface area contributed by atoms with Gasteiger partial charge in [-0.2, -0.15) is 0 Å². The first-order chi connectivity index (χ1) is 6.72. The van der Waals surface area contributed by atoms with Crippen molar-refractivity contribution < 1.29 is 5.11 Å². The summed E-state index contributed by atoms with van der Waals surface area (Å²) in [7, 11) is 0. The molecule has 1 atom stereocenters. The smallest absolute Gasteiger partial charge is 0.0479 e. The standard InChI is InChI=1S/C11H14ClNO/c1-7-10(12)3-2-9-4-8(6-14)5-13-11(7)9/h2-3,8,13-14H,4-6H2,1H3. The van der Waals surface area contributed by atoms with E-state index in [0.717, 1.165) is 29.2 Å². The second-order valence-corrected chi connectivity index (χ2v) is 4.25. The van der Waals surface area contributed by atoms with Gasteiger partial charge in [0.15, 0.2) is 0 Å². The fraction of sp³-hybridized carbons (Fsp3) is 0.455. The fourth-order valence-corrected chi connectivity index (χ4v) is 2.07. The Bertz CT molecular complexity index is 351. The molecule has 1 aliphatic heterocycles. The molecule has 0 aliphatic carbocycles. The molecule has 1 aromatic carbocycles. The van der Waals surface area contributed by atoms with Crippen LogP contribution in [0.5, 0.6) is 0 Å². The molecule has 76 valence electrons. The Hall–Kier alpha value is -0.730. The Balaban J connectivity index is 2.36. The van der Waals surface area contributed by atoms with Crippen molar-refractivity contribution in [3.8, 4) is 0 Å². The van der Waals surface area contributed by atoms with Gasteiger partial charge in [0.2, 0.25) is 0 Å². The van der Waals surface area contributed by atoms with Crippen molar-refractivity contribution in [3.05, 3.63) is 28.3 Å². The van der Waals surface area contributed by atoms with Crippen LogP contribution in [0, 0.1) is 12.8 Å². The van der Waals surface area contributed by atoms with Crippen LogP contribution in [-0.4, -0.2) is 18.3 Å². The van der Waals surface area contributed by atoms with Crippen molar-refractivity contribution in [2.24, 2.45) is 5.92 Å². The van der Waals surface area contributed by atoms with Crippen LogP contribution >= 0.6 is 11.6 Å². The van der Waals surface area contributed by atoms with E-state index in [9.17, 15) is 0 Å². The van der Waals surface area contributed by atoms with Crippen LogP contribution < -0.4 is 5.32 Å². The number of rotatable bonds is 1. The van der Waals surface area contributed by atoms with Crippen LogP contribution in [0.25, 0.3) is 0 Å². The largest absolute Gasteiger partial charge is 0.396 e. The zero-order valence-electron chi connectivity index (χ0n) is 8.18. The second kappa shape index (κ2) is 3.79. The Morgan fingerprint density at radius 1 is 1.57 bits per heavy atom. The van der Waals surface area contributed by atoms with Gasteiger partial charge in [-0.1, -0.05) is 17.7 Å². The van der Waals surface area contributed by atoms with Crippen LogP contribution in [0.4, 0.5) is 5.69 Å². The maximum Gasteiger partial charge on any atom is 0.0479 e. The van der Waals surface area contributed by atoms with Gasteiger partial charge in [-0.15, -0.1) is 0 Å². The second-order valence-electron chi connectivity index (χ2n) is 3.84. The van der Waals surface area contributed by atoms with Gasteiger partial charge in [0, 0.05) is 29.8 Å². The SMILES string of the molecule is Cc1c(Cl)ccc2c1NCC(CO)C2. The van der Waals surface area contributed by atoms with Gasteiger partial charge in [-0.25, -0.2) is 0 Å². The lowest BCUT2D eigenvalue weighted by Gasteiger charge is -2.26. The molecule has 2 rings (SSSR count). The maximum absolute atomic E-state index is 9.07. The molecule has 2 N–H and O–H groups in total. The van der Waals surface area contributed by atoms with Gasteiger partial charge in [0.1, 0.15) is 0 Å². The van der Waals surface area contributed by atoms with Gasteiger partial charge >= 0.3 is 0 Å². The highest BCUT2D eigenvalue weighted by atomic mass is 35.5. The quantitative estimate of drug-likeness (QED) is 0.747. The molecule has 1 aliphatic rings. The number of benzene rings is 1. The van der Waals surface area contributed by atoms with E-state index in [1.165, 1.54) is 5.56 Å². The van der Waals surface area contributed by atoms with Gasteiger partial charge < -0.3 is 10.4 Å². The summed E-state index contributed by atoms with van der Waals surface area (Å²) in [6, 6.07) is 3.97. The first-order valence-corrected chi connectivity index (χ1v) is 5.23. The summed E-state index contributed by atoms with van der Waals surface area (Å²) < 4.78 is 0. The van der Waals surface area contributed by atoms with E-state index in [0.29, 0.717) is 5.92 Å². The lowest BCUT2D eigenvalue weighted by Crippen LogP contribution is -2.26. The maximum atomic E-state index is 9.07. The molecule has 14 heavy (non-hydrogen) atoms. The molecule has 2 nitrogen and oxygen atoms in total. The summed E-state index contributed by atoms with van der Waals surface area (Å²) in [6.07, 6.45) is 0.941. The van der Waals surface area contributed by atoms with Crippen molar-refractivity contribution in [2.45, 2.75) is 13.3 Å². The van der Waals surface area contributed by atoms with Crippen molar-refractivity contribution in [1.82, 2.24) is 0 Å². The molecular formula is C11H14ClNO. The van der Waals surface area contributed by atoms with Crippen LogP contribution in [0.2, 0.25) is 5.02 Å². The van der Waals surface area contributed by atoms with Crippen molar-refractivity contribution in [3.63, 3.8) is 0 Å². The van der Waals surface area contributed by atoms with Gasteiger partial charge in [-0.3, -0.25) is 0 Å². The minimum Gasteiger partial charge on any atom is -0.396 e. The molecule has 0 saturated heterocycles. The number of aliphatic hydroxyl groups is 1. The molecule has 0 amide bonds. The molecular weight excluding hydrogens is 198 g/mol. The normalized spacial score (nSPS) is 20.1. The molecule has 0 radical (unpaired) electrons. The third-order valence-corrected chi connectivity index (χ3v) is 3.23. The molecule has 1 unspecified atom stereocenters. The van der Waals surface area contributed by atoms with Gasteiger partial charge in [0.05, 0.1) is 0 Å². The number of fused-ring (bicyclic) bond motifs is 1. The number of hydrogen-bond acceptors (Lipinski definition) is 2. The number of anilines is 1. The molecule has 1 aromatic rings. The zero-order chi connectivity index (χ0) is 10.1. The van der Waals surface area contributed by atoms with Gasteiger partial charge in [-0.05, 0) is 30.5 Å². The number of hydrogen-bond donors (Lipinski definition) is 2. The molecule has 0 spiro atoms. The van der Waals surface area contributed by atoms with E-state index in [2.05, 4.69) is 5.32 Å². The van der Waals surface area contributed by atoms with Crippen molar-refractivity contribution >= 4 is 17.3 Å². The minimum absolute atomic E-state index is 0.244. The number of nitrogens with one attached hydrogen (secondary N) is 1. The summed E-state index contributed by atoms with van der Waals surface area (Å²) in [5, 5.41) is 13.2.